The number of thiophene rings is 1. The van der Waals surface area contributed by atoms with E-state index in [9.17, 15) is 0 Å². The van der Waals surface area contributed by atoms with Crippen LogP contribution in [0.2, 0.25) is 0 Å². The van der Waals surface area contributed by atoms with Gasteiger partial charge < -0.3 is 4.90 Å². The van der Waals surface area contributed by atoms with Crippen molar-refractivity contribution in [3.05, 3.63) is 50.6 Å². The molecule has 3 rings (SSSR count). The highest BCUT2D eigenvalue weighted by Gasteiger charge is 2.24. The number of rotatable bonds is 5. The summed E-state index contributed by atoms with van der Waals surface area (Å²) in [5.41, 5.74) is 2.84. The van der Waals surface area contributed by atoms with Gasteiger partial charge in [0.2, 0.25) is 0 Å². The third-order valence-corrected chi connectivity index (χ3v) is 5.20. The highest BCUT2D eigenvalue weighted by Crippen LogP contribution is 2.32. The molecule has 2 nitrogen and oxygen atoms in total. The van der Waals surface area contributed by atoms with Gasteiger partial charge in [-0.1, -0.05) is 35.0 Å². The predicted molar refractivity (Wildman–Crippen MR) is 97.7 cm³/mol. The largest absolute Gasteiger partial charge is 0.355 e. The van der Waals surface area contributed by atoms with Crippen molar-refractivity contribution in [2.24, 2.45) is 0 Å². The van der Waals surface area contributed by atoms with Gasteiger partial charge in [-0.05, 0) is 42.0 Å². The van der Waals surface area contributed by atoms with Gasteiger partial charge in [-0.3, -0.25) is 5.32 Å². The Kier molecular flexibility index (Phi) is 6.11. The lowest BCUT2D eigenvalue weighted by Gasteiger charge is -2.30. The first-order valence-corrected chi connectivity index (χ1v) is 8.76. The summed E-state index contributed by atoms with van der Waals surface area (Å²) < 4.78 is 1.16. The van der Waals surface area contributed by atoms with Gasteiger partial charge in [-0.25, -0.2) is 0 Å². The lowest BCUT2D eigenvalue weighted by molar-refractivity contribution is 0.479. The van der Waals surface area contributed by atoms with Gasteiger partial charge in [0, 0.05) is 28.1 Å². The minimum Gasteiger partial charge on any atom is -0.355 e. The zero-order chi connectivity index (χ0) is 13.9. The first-order valence-electron chi connectivity index (χ1n) is 7.08. The minimum absolute atomic E-state index is 0. The molecule has 1 aromatic carbocycles. The van der Waals surface area contributed by atoms with Crippen molar-refractivity contribution < 1.29 is 0 Å². The molecule has 1 aromatic heterocycles. The smallest absolute Gasteiger partial charge is 0.0796 e. The summed E-state index contributed by atoms with van der Waals surface area (Å²) in [6, 6.07) is 10.9. The maximum atomic E-state index is 3.70. The SMILES string of the molecule is CC[C@@H](NCc1cccs1)N1CCc2ccc(Br)cc21.Cl. The predicted octanol–water partition coefficient (Wildman–Crippen LogP) is 4.82. The number of fused-ring (bicyclic) bond motifs is 1. The van der Waals surface area contributed by atoms with Crippen LogP contribution in [0.25, 0.3) is 0 Å². The second-order valence-electron chi connectivity index (χ2n) is 5.10. The molecule has 0 unspecified atom stereocenters. The van der Waals surface area contributed by atoms with Crippen molar-refractivity contribution in [1.82, 2.24) is 5.32 Å². The molecule has 5 heteroatoms. The quantitative estimate of drug-likeness (QED) is 0.791. The van der Waals surface area contributed by atoms with E-state index in [4.69, 9.17) is 0 Å². The van der Waals surface area contributed by atoms with Crippen molar-refractivity contribution >= 4 is 45.4 Å². The Morgan fingerprint density at radius 1 is 1.38 bits per heavy atom. The molecule has 0 radical (unpaired) electrons. The number of hydrogen-bond acceptors (Lipinski definition) is 3. The fraction of sp³-hybridized carbons (Fsp3) is 0.375. The fourth-order valence-electron chi connectivity index (χ4n) is 2.81. The summed E-state index contributed by atoms with van der Waals surface area (Å²) >= 11 is 5.41. The van der Waals surface area contributed by atoms with Crippen LogP contribution < -0.4 is 10.2 Å². The van der Waals surface area contributed by atoms with Gasteiger partial charge in [0.1, 0.15) is 0 Å². The highest BCUT2D eigenvalue weighted by molar-refractivity contribution is 9.10. The van der Waals surface area contributed by atoms with Crippen LogP contribution in [0.15, 0.2) is 40.2 Å². The summed E-state index contributed by atoms with van der Waals surface area (Å²) in [5.74, 6) is 0. The van der Waals surface area contributed by atoms with E-state index in [1.54, 1.807) is 0 Å². The Morgan fingerprint density at radius 2 is 2.24 bits per heavy atom. The molecular formula is C16H20BrClN2S. The van der Waals surface area contributed by atoms with E-state index in [-0.39, 0.29) is 12.4 Å². The van der Waals surface area contributed by atoms with Crippen LogP contribution in [0, 0.1) is 0 Å². The molecule has 1 N–H and O–H groups in total. The average molecular weight is 388 g/mol. The van der Waals surface area contributed by atoms with Gasteiger partial charge >= 0.3 is 0 Å². The zero-order valence-electron chi connectivity index (χ0n) is 12.0. The minimum atomic E-state index is 0. The Morgan fingerprint density at radius 3 is 2.95 bits per heavy atom. The van der Waals surface area contributed by atoms with E-state index >= 15 is 0 Å². The lowest BCUT2D eigenvalue weighted by atomic mass is 10.2. The first-order chi connectivity index (χ1) is 9.78. The lowest BCUT2D eigenvalue weighted by Crippen LogP contribution is -2.44. The van der Waals surface area contributed by atoms with Crippen molar-refractivity contribution in [3.8, 4) is 0 Å². The number of benzene rings is 1. The number of nitrogens with one attached hydrogen (secondary N) is 1. The monoisotopic (exact) mass is 386 g/mol. The molecular weight excluding hydrogens is 368 g/mol. The molecule has 0 bridgehead atoms. The summed E-state index contributed by atoms with van der Waals surface area (Å²) in [6.45, 7) is 4.32. The Labute approximate surface area is 145 Å². The molecule has 0 spiro atoms. The molecule has 0 amide bonds. The van der Waals surface area contributed by atoms with Crippen molar-refractivity contribution in [2.75, 3.05) is 11.4 Å². The molecule has 1 aliphatic rings. The molecule has 0 fully saturated rings. The van der Waals surface area contributed by atoms with E-state index in [1.807, 2.05) is 11.3 Å². The van der Waals surface area contributed by atoms with Gasteiger partial charge in [-0.2, -0.15) is 0 Å². The summed E-state index contributed by atoms with van der Waals surface area (Å²) in [4.78, 5) is 3.91. The van der Waals surface area contributed by atoms with E-state index in [1.165, 1.54) is 16.1 Å². The molecule has 2 heterocycles. The third kappa shape index (κ3) is 3.81. The molecule has 0 saturated carbocycles. The van der Waals surface area contributed by atoms with E-state index in [2.05, 4.69) is 68.8 Å². The average Bonchev–Trinajstić information content (AvgIpc) is 3.09. The van der Waals surface area contributed by atoms with Crippen LogP contribution in [0.4, 0.5) is 5.69 Å². The standard InChI is InChI=1S/C16H19BrN2S.ClH/c1-2-16(18-11-14-4-3-9-20-14)19-8-7-12-5-6-13(17)10-15(12)19;/h3-6,9-10,16,18H,2,7-8,11H2,1H3;1H/t16-;/m0./s1. The van der Waals surface area contributed by atoms with Crippen LogP contribution >= 0.6 is 39.7 Å². The maximum absolute atomic E-state index is 3.70. The molecule has 1 atom stereocenters. The number of nitrogens with zero attached hydrogens (tertiary/aromatic N) is 1. The first kappa shape index (κ1) is 16.8. The van der Waals surface area contributed by atoms with Crippen LogP contribution in [0.3, 0.4) is 0 Å². The molecule has 0 saturated heterocycles. The molecule has 21 heavy (non-hydrogen) atoms. The molecule has 1 aliphatic heterocycles. The van der Waals surface area contributed by atoms with Crippen LogP contribution in [-0.4, -0.2) is 12.7 Å². The Balaban J connectivity index is 0.00000161. The van der Waals surface area contributed by atoms with Crippen molar-refractivity contribution in [1.29, 1.82) is 0 Å². The summed E-state index contributed by atoms with van der Waals surface area (Å²) in [7, 11) is 0. The summed E-state index contributed by atoms with van der Waals surface area (Å²) in [6.07, 6.45) is 2.67. The van der Waals surface area contributed by atoms with E-state index < -0.39 is 0 Å². The van der Waals surface area contributed by atoms with Gasteiger partial charge in [-0.15, -0.1) is 23.7 Å². The fourth-order valence-corrected chi connectivity index (χ4v) is 3.81. The highest BCUT2D eigenvalue weighted by atomic mass is 79.9. The maximum Gasteiger partial charge on any atom is 0.0796 e. The van der Waals surface area contributed by atoms with Crippen LogP contribution in [-0.2, 0) is 13.0 Å². The van der Waals surface area contributed by atoms with E-state index in [0.717, 1.165) is 30.4 Å². The van der Waals surface area contributed by atoms with Crippen LogP contribution in [0.5, 0.6) is 0 Å². The Bertz CT molecular complexity index is 574. The zero-order valence-corrected chi connectivity index (χ0v) is 15.2. The summed E-state index contributed by atoms with van der Waals surface area (Å²) in [5, 5.41) is 5.83. The normalized spacial score (nSPS) is 14.7. The van der Waals surface area contributed by atoms with Crippen molar-refractivity contribution in [3.63, 3.8) is 0 Å². The number of halogens is 2. The Hall–Kier alpha value is -0.550. The number of anilines is 1. The topological polar surface area (TPSA) is 15.3 Å². The second-order valence-corrected chi connectivity index (χ2v) is 7.05. The van der Waals surface area contributed by atoms with Gasteiger partial charge in [0.05, 0.1) is 6.17 Å². The molecule has 114 valence electrons. The second kappa shape index (κ2) is 7.63. The molecule has 2 aromatic rings. The third-order valence-electron chi connectivity index (χ3n) is 3.83. The van der Waals surface area contributed by atoms with Gasteiger partial charge in [0.25, 0.3) is 0 Å². The van der Waals surface area contributed by atoms with Gasteiger partial charge in [0.15, 0.2) is 0 Å². The number of hydrogen-bond donors (Lipinski definition) is 1. The van der Waals surface area contributed by atoms with E-state index in [0.29, 0.717) is 6.17 Å². The van der Waals surface area contributed by atoms with Crippen LogP contribution in [0.1, 0.15) is 23.8 Å². The molecule has 0 aliphatic carbocycles. The van der Waals surface area contributed by atoms with Crippen molar-refractivity contribution in [2.45, 2.75) is 32.5 Å².